The zero-order valence-electron chi connectivity index (χ0n) is 48.7. The first-order valence-electron chi connectivity index (χ1n) is 28.1. The van der Waals surface area contributed by atoms with Gasteiger partial charge in [-0.15, -0.1) is 0 Å². The predicted octanol–water partition coefficient (Wildman–Crippen LogP) is 1.17. The molecular weight excluding hydrogens is 1280 g/mol. The van der Waals surface area contributed by atoms with Crippen molar-refractivity contribution in [1.29, 1.82) is 0 Å². The maximum absolute atomic E-state index is 14.3. The van der Waals surface area contributed by atoms with E-state index in [0.717, 1.165) is 23.4 Å². The summed E-state index contributed by atoms with van der Waals surface area (Å²) in [4.78, 5) is 130. The number of aliphatic hydroxyl groups is 1. The Morgan fingerprint density at radius 3 is 2.00 bits per heavy atom. The quantitative estimate of drug-likeness (QED) is 0.0153. The fourth-order valence-corrected chi connectivity index (χ4v) is 12.9. The summed E-state index contributed by atoms with van der Waals surface area (Å²) in [6.07, 6.45) is -5.85. The molecule has 490 valence electrons. The topological polar surface area (TPSA) is 485 Å². The molecule has 11 N–H and O–H groups in total. The third-order valence-electron chi connectivity index (χ3n) is 14.6. The number of aliphatic hydroxyl groups excluding tert-OH is 1. The number of carbonyl (C=O) groups is 8. The number of carbonyl (C=O) groups excluding carboxylic acids is 8. The first-order valence-corrected chi connectivity index (χ1v) is 33.5. The molecule has 0 spiro atoms. The summed E-state index contributed by atoms with van der Waals surface area (Å²) in [5.74, 6) is -4.37. The second-order valence-electron chi connectivity index (χ2n) is 21.4. The molecule has 36 nitrogen and oxygen atoms in total. The number of nitrogen functional groups attached to an aromatic ring is 2. The number of ether oxygens (including phenoxy) is 4. The Balaban J connectivity index is 0.801. The number of hydrogen-bond acceptors (Lipinski definition) is 27. The molecule has 0 aliphatic carbocycles. The fourth-order valence-electron chi connectivity index (χ4n) is 9.95. The molecule has 4 aromatic heterocycles. The van der Waals surface area contributed by atoms with Gasteiger partial charge in [0.1, 0.15) is 72.9 Å². The van der Waals surface area contributed by atoms with Crippen molar-refractivity contribution >= 4 is 125 Å². The third-order valence-corrected chi connectivity index (χ3v) is 17.8. The first kappa shape index (κ1) is 67.5. The van der Waals surface area contributed by atoms with E-state index in [1.54, 1.807) is 26.0 Å². The molecular formula is C51H65N17O19P2S2. The summed E-state index contributed by atoms with van der Waals surface area (Å²) in [6, 6.07) is 3.13. The number of imide groups is 1. The highest BCUT2D eigenvalue weighted by molar-refractivity contribution is 8.44. The molecule has 3 fully saturated rings. The van der Waals surface area contributed by atoms with Crippen molar-refractivity contribution in [2.45, 2.75) is 114 Å². The van der Waals surface area contributed by atoms with E-state index in [1.165, 1.54) is 52.2 Å². The number of hydrogen-bond donors (Lipinski definition) is 10. The Kier molecular flexibility index (Phi) is 21.6. The van der Waals surface area contributed by atoms with Gasteiger partial charge in [-0.1, -0.05) is 50.5 Å². The van der Waals surface area contributed by atoms with E-state index in [-0.39, 0.29) is 92.3 Å². The van der Waals surface area contributed by atoms with Crippen molar-refractivity contribution in [2.24, 2.45) is 11.7 Å². The van der Waals surface area contributed by atoms with Crippen LogP contribution in [0.2, 0.25) is 0 Å². The van der Waals surface area contributed by atoms with E-state index >= 15 is 0 Å². The van der Waals surface area contributed by atoms with Crippen molar-refractivity contribution in [3.63, 3.8) is 0 Å². The molecule has 4 aliphatic rings. The number of primary amides is 1. The van der Waals surface area contributed by atoms with Crippen LogP contribution < -0.4 is 38.5 Å². The number of benzene rings is 1. The number of thiol groups is 2. The lowest BCUT2D eigenvalue weighted by Gasteiger charge is -2.28. The second-order valence-corrected chi connectivity index (χ2v) is 27.1. The van der Waals surface area contributed by atoms with Gasteiger partial charge in [-0.05, 0) is 42.9 Å². The van der Waals surface area contributed by atoms with Crippen molar-refractivity contribution in [2.75, 3.05) is 56.7 Å². The van der Waals surface area contributed by atoms with Gasteiger partial charge < -0.3 is 67.4 Å². The summed E-state index contributed by atoms with van der Waals surface area (Å²) in [5.41, 5.74) is 18.7. The number of urea groups is 1. The minimum atomic E-state index is -4.59. The highest BCUT2D eigenvalue weighted by Crippen LogP contribution is 2.60. The summed E-state index contributed by atoms with van der Waals surface area (Å²) < 4.78 is 78.5. The van der Waals surface area contributed by atoms with E-state index in [2.05, 4.69) is 75.7 Å². The largest absolute Gasteiger partial charge is 0.455 e. The Hall–Kier alpha value is -7.90. The Labute approximate surface area is 527 Å². The van der Waals surface area contributed by atoms with Gasteiger partial charge in [-0.2, -0.15) is 0 Å². The number of anilines is 3. The summed E-state index contributed by atoms with van der Waals surface area (Å²) in [5, 5.41) is 21.9. The maximum Gasteiger partial charge on any atom is 0.409 e. The van der Waals surface area contributed by atoms with Gasteiger partial charge in [0, 0.05) is 57.4 Å². The number of nitrogens with one attached hydrogen (secondary N) is 4. The minimum Gasteiger partial charge on any atom is -0.455 e. The number of nitrogens with zero attached hydrogens (tertiary/aromatic N) is 10. The molecule has 8 amide bonds. The number of nitrogens with two attached hydrogens (primary N) is 3. The highest BCUT2D eigenvalue weighted by atomic mass is 32.7. The second kappa shape index (κ2) is 29.2. The van der Waals surface area contributed by atoms with Crippen LogP contribution >= 0.6 is 38.1 Å². The molecule has 5 aromatic rings. The van der Waals surface area contributed by atoms with Crippen molar-refractivity contribution in [3.8, 4) is 0 Å². The smallest absolute Gasteiger partial charge is 0.409 e. The lowest BCUT2D eigenvalue weighted by molar-refractivity contribution is -0.158. The molecule has 91 heavy (non-hydrogen) atoms. The van der Waals surface area contributed by atoms with Crippen molar-refractivity contribution < 1.29 is 89.6 Å². The molecule has 12 atom stereocenters. The normalized spacial score (nSPS) is 25.6. The molecule has 8 heterocycles. The number of amides is 8. The lowest BCUT2D eigenvalue weighted by Crippen LogP contribution is -2.54. The molecule has 1 aromatic carbocycles. The van der Waals surface area contributed by atoms with Gasteiger partial charge in [0.25, 0.3) is 11.8 Å². The summed E-state index contributed by atoms with van der Waals surface area (Å²) in [7, 11) is 1.43. The van der Waals surface area contributed by atoms with Crippen LogP contribution in [0.4, 0.5) is 26.9 Å². The van der Waals surface area contributed by atoms with E-state index in [1.807, 2.05) is 0 Å². The summed E-state index contributed by atoms with van der Waals surface area (Å²) in [6.45, 7) is -7.54. The van der Waals surface area contributed by atoms with Crippen LogP contribution in [0.25, 0.3) is 22.3 Å². The molecule has 9 rings (SSSR count). The number of esters is 1. The number of rotatable bonds is 22. The maximum atomic E-state index is 14.3. The van der Waals surface area contributed by atoms with E-state index in [4.69, 9.17) is 54.2 Å². The molecule has 2 bridgehead atoms. The van der Waals surface area contributed by atoms with Crippen molar-refractivity contribution in [3.05, 3.63) is 67.3 Å². The van der Waals surface area contributed by atoms with E-state index < -0.39 is 142 Å². The zero-order chi connectivity index (χ0) is 65.5. The summed E-state index contributed by atoms with van der Waals surface area (Å²) >= 11 is 8.45. The molecule has 0 saturated carbocycles. The Morgan fingerprint density at radius 2 is 1.38 bits per heavy atom. The average molecular weight is 1350 g/mol. The number of fused-ring (bicyclic) bond motifs is 5. The number of aromatic nitrogens is 8. The SMILES string of the molecule is CC(C)[C@H](NC(=O)CCN1C(=O)C=CC1=O)C(=O)N[C@@H](CCCNC(N)=O)C(=O)Nc1ccc(COC(=O)N(C)CCCC(=O)O[C@@H]2[C@@H]3O[P@](=O)(S)OC[C@H]4O[C@@H](n5cnc6c(N)ncnc65)[C@H](O[P@](=O)(S)OC[C@H]3O[C@H]2n2cnc3c(N)ncnc32)[C@@H]4O)cc1. The average Bonchev–Trinajstić information content (AvgIpc) is 1.62. The third kappa shape index (κ3) is 16.6. The first-order chi connectivity index (χ1) is 43.3. The van der Waals surface area contributed by atoms with Crippen LogP contribution in [0.1, 0.15) is 64.0 Å². The zero-order valence-corrected chi connectivity index (χ0v) is 52.3. The molecule has 4 aliphatic heterocycles. The fraction of sp³-hybridized carbons (Fsp3) is 0.490. The highest BCUT2D eigenvalue weighted by Gasteiger charge is 2.55. The Morgan fingerprint density at radius 1 is 0.791 bits per heavy atom. The standard InChI is InChI=1S/C51H65N17O19P2S2/c1-25(2)35(64-31(69)14-17-66-32(70)12-13-33(66)71)47(75)63-28(6-4-15-55-50(54)76)46(74)62-27-10-8-26(9-11-27)18-80-51(77)65(3)16-5-7-34(72)85-41-39-30(84-49(41)68-24-61-37-43(53)57-22-59-45(37)68)20-82-89(79,91)87-40-38(73)29(19-81-88(78,90)86-39)83-48(40)67-23-60-36-42(52)56-21-58-44(36)67/h8-13,21-25,28-30,35,38-41,48-49,73H,4-7,14-20H2,1-3H3,(H,62,74)(H,63,75)(H,64,69)(H,78,90)(H,79,91)(H2,52,56,58)(H2,53,57,59)(H3,54,55,76)/t28-,29+,30+,35-,38+,39+,40+,41+,48+,49+,88+,89+/m0/s1. The van der Waals surface area contributed by atoms with Gasteiger partial charge in [0.15, 0.2) is 41.5 Å². The van der Waals surface area contributed by atoms with Crippen molar-refractivity contribution in [1.82, 2.24) is 64.8 Å². The van der Waals surface area contributed by atoms with E-state index in [9.17, 15) is 52.6 Å². The van der Waals surface area contributed by atoms with Crippen LogP contribution in [0.5, 0.6) is 0 Å². The van der Waals surface area contributed by atoms with E-state index in [0.29, 0.717) is 11.3 Å². The van der Waals surface area contributed by atoms with Gasteiger partial charge in [-0.25, -0.2) is 48.6 Å². The lowest BCUT2D eigenvalue weighted by atomic mass is 10.0. The monoisotopic (exact) mass is 1350 g/mol. The minimum absolute atomic E-state index is 0.00697. The van der Waals surface area contributed by atoms with Crippen LogP contribution in [0.3, 0.4) is 0 Å². The molecule has 0 unspecified atom stereocenters. The molecule has 40 heteroatoms. The van der Waals surface area contributed by atoms with Crippen LogP contribution in [-0.4, -0.2) is 190 Å². The predicted molar refractivity (Wildman–Crippen MR) is 321 cm³/mol. The van der Waals surface area contributed by atoms with Crippen LogP contribution in [0, 0.1) is 5.92 Å². The van der Waals surface area contributed by atoms with Gasteiger partial charge in [0.2, 0.25) is 17.7 Å². The molecule has 3 saturated heterocycles. The van der Waals surface area contributed by atoms with Gasteiger partial charge >= 0.3 is 31.7 Å². The van der Waals surface area contributed by atoms with Crippen LogP contribution in [-0.2, 0) is 81.5 Å². The molecule has 0 radical (unpaired) electrons. The van der Waals surface area contributed by atoms with Crippen LogP contribution in [0.15, 0.2) is 61.7 Å². The van der Waals surface area contributed by atoms with Gasteiger partial charge in [-0.3, -0.25) is 60.9 Å². The number of imidazole rings is 2. The van der Waals surface area contributed by atoms with Gasteiger partial charge in [0.05, 0.1) is 25.9 Å². The Bertz CT molecular complexity index is 3680.